The molecule has 2 heterocycles. The van der Waals surface area contributed by atoms with Crippen LogP contribution < -0.4 is 0 Å². The molecule has 1 fully saturated rings. The maximum atomic E-state index is 11.4. The molecule has 0 unspecified atom stereocenters. The molecule has 5 rings (SSSR count). The molecule has 1 saturated carbocycles. The number of carbonyl (C=O) groups excluding carboxylic acids is 1. The number of hydrogen-bond donors (Lipinski definition) is 2. The van der Waals surface area contributed by atoms with Crippen molar-refractivity contribution in [2.24, 2.45) is 0 Å². The van der Waals surface area contributed by atoms with Gasteiger partial charge in [-0.2, -0.15) is 0 Å². The topological polar surface area (TPSA) is 62.5 Å². The first-order valence-corrected chi connectivity index (χ1v) is 10.3. The number of aliphatic hydroxyl groups excluding tert-OH is 2. The average Bonchev–Trinajstić information content (AvgIpc) is 3.01. The smallest absolute Gasteiger partial charge is 0.150 e. The SMILES string of the molecule is O=Cc1ccc2c(C3CCCCC3)c3n(c2c1)C[C@@H](O)[C@@H](O)c1ccccc1-3. The molecule has 0 radical (unpaired) electrons. The third-order valence-corrected chi connectivity index (χ3v) is 6.55. The van der Waals surface area contributed by atoms with Gasteiger partial charge < -0.3 is 14.8 Å². The first kappa shape index (κ1) is 17.7. The van der Waals surface area contributed by atoms with Crippen molar-refractivity contribution in [3.8, 4) is 11.3 Å². The van der Waals surface area contributed by atoms with Crippen molar-refractivity contribution in [2.45, 2.75) is 56.8 Å². The fourth-order valence-corrected chi connectivity index (χ4v) is 5.22. The normalized spacial score (nSPS) is 22.5. The number of rotatable bonds is 2. The Morgan fingerprint density at radius 1 is 1.00 bits per heavy atom. The quantitative estimate of drug-likeness (QED) is 0.645. The molecule has 4 heteroatoms. The highest BCUT2D eigenvalue weighted by molar-refractivity contribution is 5.96. The maximum absolute atomic E-state index is 11.4. The standard InChI is InChI=1S/C24H25NO3/c26-14-15-10-11-19-20(12-15)25-13-21(27)24(28)18-9-5-4-8-17(18)23(25)22(19)16-6-2-1-3-7-16/h4-5,8-12,14,16,21,24,27-28H,1-3,6-7,13H2/t21-,24+/m1/s1. The minimum absolute atomic E-state index is 0.316. The van der Waals surface area contributed by atoms with Gasteiger partial charge in [-0.3, -0.25) is 4.79 Å². The Kier molecular flexibility index (Phi) is 4.33. The minimum Gasteiger partial charge on any atom is -0.388 e. The highest BCUT2D eigenvalue weighted by Gasteiger charge is 2.33. The van der Waals surface area contributed by atoms with E-state index in [0.29, 0.717) is 18.0 Å². The van der Waals surface area contributed by atoms with E-state index < -0.39 is 12.2 Å². The molecule has 28 heavy (non-hydrogen) atoms. The largest absolute Gasteiger partial charge is 0.388 e. The number of benzene rings is 2. The summed E-state index contributed by atoms with van der Waals surface area (Å²) in [6.45, 7) is 0.316. The van der Waals surface area contributed by atoms with Crippen LogP contribution in [0.3, 0.4) is 0 Å². The predicted octanol–water partition coefficient (Wildman–Crippen LogP) is 4.58. The summed E-state index contributed by atoms with van der Waals surface area (Å²) < 4.78 is 2.13. The summed E-state index contributed by atoms with van der Waals surface area (Å²) in [5, 5.41) is 22.6. The molecule has 2 aromatic carbocycles. The summed E-state index contributed by atoms with van der Waals surface area (Å²) in [4.78, 5) is 11.4. The van der Waals surface area contributed by atoms with Crippen molar-refractivity contribution in [3.63, 3.8) is 0 Å². The van der Waals surface area contributed by atoms with Crippen LogP contribution in [0.5, 0.6) is 0 Å². The lowest BCUT2D eigenvalue weighted by atomic mass is 9.81. The molecule has 4 nitrogen and oxygen atoms in total. The second-order valence-corrected chi connectivity index (χ2v) is 8.20. The Bertz CT molecular complexity index is 1050. The molecule has 0 saturated heterocycles. The number of fused-ring (bicyclic) bond motifs is 5. The van der Waals surface area contributed by atoms with Gasteiger partial charge in [0.2, 0.25) is 0 Å². The molecule has 0 bridgehead atoms. The van der Waals surface area contributed by atoms with Crippen LogP contribution in [0.4, 0.5) is 0 Å². The van der Waals surface area contributed by atoms with Crippen LogP contribution in [0.25, 0.3) is 22.2 Å². The third kappa shape index (κ3) is 2.63. The average molecular weight is 375 g/mol. The van der Waals surface area contributed by atoms with Gasteiger partial charge in [-0.15, -0.1) is 0 Å². The monoisotopic (exact) mass is 375 g/mol. The van der Waals surface area contributed by atoms with E-state index in [4.69, 9.17) is 0 Å². The highest BCUT2D eigenvalue weighted by Crippen LogP contribution is 2.47. The second kappa shape index (κ2) is 6.87. The van der Waals surface area contributed by atoms with Crippen molar-refractivity contribution in [1.29, 1.82) is 0 Å². The summed E-state index contributed by atoms with van der Waals surface area (Å²) in [5.41, 5.74) is 5.82. The third-order valence-electron chi connectivity index (χ3n) is 6.55. The zero-order valence-electron chi connectivity index (χ0n) is 15.8. The van der Waals surface area contributed by atoms with E-state index in [1.807, 2.05) is 36.4 Å². The first-order chi connectivity index (χ1) is 13.7. The second-order valence-electron chi connectivity index (χ2n) is 8.20. The molecule has 1 aliphatic carbocycles. The van der Waals surface area contributed by atoms with Crippen molar-refractivity contribution < 1.29 is 15.0 Å². The lowest BCUT2D eigenvalue weighted by Crippen LogP contribution is -2.22. The van der Waals surface area contributed by atoms with Crippen molar-refractivity contribution >= 4 is 17.2 Å². The van der Waals surface area contributed by atoms with Crippen molar-refractivity contribution in [3.05, 3.63) is 59.2 Å². The van der Waals surface area contributed by atoms with Crippen LogP contribution >= 0.6 is 0 Å². The van der Waals surface area contributed by atoms with E-state index in [1.165, 1.54) is 30.2 Å². The number of aldehydes is 1. The molecular formula is C24H25NO3. The fraction of sp³-hybridized carbons (Fsp3) is 0.375. The summed E-state index contributed by atoms with van der Waals surface area (Å²) >= 11 is 0. The summed E-state index contributed by atoms with van der Waals surface area (Å²) in [6.07, 6.45) is 5.14. The lowest BCUT2D eigenvalue weighted by molar-refractivity contribution is 0.0112. The Balaban J connectivity index is 1.87. The fourth-order valence-electron chi connectivity index (χ4n) is 5.22. The van der Waals surface area contributed by atoms with Gasteiger partial charge in [0.15, 0.2) is 0 Å². The van der Waals surface area contributed by atoms with Crippen molar-refractivity contribution in [2.75, 3.05) is 0 Å². The number of carbonyl (C=O) groups is 1. The zero-order chi connectivity index (χ0) is 19.3. The molecular weight excluding hydrogens is 350 g/mol. The summed E-state index contributed by atoms with van der Waals surface area (Å²) in [6, 6.07) is 13.7. The molecule has 144 valence electrons. The van der Waals surface area contributed by atoms with Crippen LogP contribution in [0, 0.1) is 0 Å². The molecule has 2 atom stereocenters. The number of aromatic nitrogens is 1. The van der Waals surface area contributed by atoms with Gasteiger partial charge in [0.05, 0.1) is 12.2 Å². The van der Waals surface area contributed by atoms with Crippen LogP contribution in [0.15, 0.2) is 42.5 Å². The first-order valence-electron chi connectivity index (χ1n) is 10.3. The highest BCUT2D eigenvalue weighted by atomic mass is 16.3. The molecule has 1 aromatic heterocycles. The van der Waals surface area contributed by atoms with Crippen molar-refractivity contribution in [1.82, 2.24) is 4.57 Å². The zero-order valence-corrected chi connectivity index (χ0v) is 15.8. The Morgan fingerprint density at radius 3 is 2.57 bits per heavy atom. The minimum atomic E-state index is -0.917. The van der Waals surface area contributed by atoms with Gasteiger partial charge in [-0.25, -0.2) is 0 Å². The van der Waals surface area contributed by atoms with E-state index in [2.05, 4.69) is 10.6 Å². The Labute approximate surface area is 164 Å². The Morgan fingerprint density at radius 2 is 1.79 bits per heavy atom. The van der Waals surface area contributed by atoms with Crippen LogP contribution in [-0.2, 0) is 6.54 Å². The van der Waals surface area contributed by atoms with E-state index in [9.17, 15) is 15.0 Å². The number of hydrogen-bond acceptors (Lipinski definition) is 3. The van der Waals surface area contributed by atoms with Gasteiger partial charge in [0.25, 0.3) is 0 Å². The predicted molar refractivity (Wildman–Crippen MR) is 110 cm³/mol. The molecule has 2 aliphatic rings. The summed E-state index contributed by atoms with van der Waals surface area (Å²) in [5.74, 6) is 0.468. The van der Waals surface area contributed by atoms with Crippen LogP contribution in [-0.4, -0.2) is 27.2 Å². The lowest BCUT2D eigenvalue weighted by Gasteiger charge is -2.24. The summed E-state index contributed by atoms with van der Waals surface area (Å²) in [7, 11) is 0. The molecule has 3 aromatic rings. The van der Waals surface area contributed by atoms with Gasteiger partial charge in [-0.1, -0.05) is 55.7 Å². The molecule has 0 spiro atoms. The number of aliphatic hydroxyl groups is 2. The van der Waals surface area contributed by atoms with E-state index >= 15 is 0 Å². The molecule has 1 aliphatic heterocycles. The Hall–Kier alpha value is -2.43. The van der Waals surface area contributed by atoms with Crippen LogP contribution in [0.1, 0.15) is 65.6 Å². The van der Waals surface area contributed by atoms with Gasteiger partial charge in [0.1, 0.15) is 18.5 Å². The molecule has 2 N–H and O–H groups in total. The van der Waals surface area contributed by atoms with E-state index in [1.54, 1.807) is 0 Å². The number of nitrogens with zero attached hydrogens (tertiary/aromatic N) is 1. The maximum Gasteiger partial charge on any atom is 0.150 e. The van der Waals surface area contributed by atoms with Gasteiger partial charge >= 0.3 is 0 Å². The van der Waals surface area contributed by atoms with Gasteiger partial charge in [-0.05, 0) is 36.0 Å². The van der Waals surface area contributed by atoms with Gasteiger partial charge in [0, 0.05) is 22.0 Å². The van der Waals surface area contributed by atoms with Crippen LogP contribution in [0.2, 0.25) is 0 Å². The molecule has 0 amide bonds. The van der Waals surface area contributed by atoms with E-state index in [-0.39, 0.29) is 0 Å². The van der Waals surface area contributed by atoms with E-state index in [0.717, 1.165) is 41.5 Å².